The van der Waals surface area contributed by atoms with Crippen molar-refractivity contribution in [3.8, 4) is 28.8 Å². The van der Waals surface area contributed by atoms with Crippen LogP contribution in [-0.4, -0.2) is 61.7 Å². The smallest absolute Gasteiger partial charge is 0.407 e. The number of rotatable bonds is 7. The molecule has 182 valence electrons. The number of nitrogens with zero attached hydrogens (tertiary/aromatic N) is 6. The third-order valence-corrected chi connectivity index (χ3v) is 4.65. The number of alkyl carbamates (subject to hydrolysis) is 1. The van der Waals surface area contributed by atoms with E-state index in [-0.39, 0.29) is 19.1 Å². The number of hydrogen-bond acceptors (Lipinski definition) is 10. The second-order valence-corrected chi connectivity index (χ2v) is 8.42. The quantitative estimate of drug-likeness (QED) is 0.379. The average molecular weight is 479 g/mol. The van der Waals surface area contributed by atoms with Crippen LogP contribution in [0.15, 0.2) is 42.9 Å². The number of nitrogens with one attached hydrogen (secondary N) is 1. The zero-order chi connectivity index (χ0) is 25.0. The minimum absolute atomic E-state index is 0.144. The highest BCUT2D eigenvalue weighted by Gasteiger charge is 2.18. The van der Waals surface area contributed by atoms with Gasteiger partial charge < -0.3 is 25.3 Å². The first-order valence-corrected chi connectivity index (χ1v) is 10.8. The van der Waals surface area contributed by atoms with Crippen LogP contribution in [0.25, 0.3) is 28.2 Å². The summed E-state index contributed by atoms with van der Waals surface area (Å²) in [6.45, 7) is 5.80. The van der Waals surface area contributed by atoms with E-state index in [1.165, 1.54) is 18.1 Å². The van der Waals surface area contributed by atoms with Gasteiger partial charge in [0, 0.05) is 17.6 Å². The lowest BCUT2D eigenvalue weighted by molar-refractivity contribution is 0.0520. The summed E-state index contributed by atoms with van der Waals surface area (Å²) in [5, 5.41) is 7.76. The number of hydrogen-bond donors (Lipinski definition) is 2. The molecule has 1 aromatic carbocycles. The SMILES string of the molecule is COc1cc2ncnc(-n3nc(-c4ccccn4)nc3N)c2cc1OCCNC(=O)OC(C)(C)C. The monoisotopic (exact) mass is 478 g/mol. The summed E-state index contributed by atoms with van der Waals surface area (Å²) in [5.74, 6) is 1.84. The van der Waals surface area contributed by atoms with Crippen LogP contribution in [0.2, 0.25) is 0 Å². The van der Waals surface area contributed by atoms with Crippen LogP contribution in [0.4, 0.5) is 10.7 Å². The molecule has 0 aliphatic heterocycles. The molecule has 3 aromatic heterocycles. The van der Waals surface area contributed by atoms with Crippen LogP contribution >= 0.6 is 0 Å². The van der Waals surface area contributed by atoms with E-state index < -0.39 is 11.7 Å². The van der Waals surface area contributed by atoms with E-state index in [1.807, 2.05) is 6.07 Å². The number of aromatic nitrogens is 6. The summed E-state index contributed by atoms with van der Waals surface area (Å²) >= 11 is 0. The Kier molecular flexibility index (Phi) is 6.62. The predicted molar refractivity (Wildman–Crippen MR) is 128 cm³/mol. The molecular formula is C23H26N8O4. The molecule has 3 heterocycles. The second-order valence-electron chi connectivity index (χ2n) is 8.42. The van der Waals surface area contributed by atoms with Crippen molar-refractivity contribution >= 4 is 22.9 Å². The second kappa shape index (κ2) is 9.79. The normalized spacial score (nSPS) is 11.3. The molecule has 0 saturated carbocycles. The van der Waals surface area contributed by atoms with Gasteiger partial charge >= 0.3 is 6.09 Å². The van der Waals surface area contributed by atoms with E-state index in [0.29, 0.717) is 39.7 Å². The Morgan fingerprint density at radius 2 is 1.97 bits per heavy atom. The Hall–Kier alpha value is -4.48. The van der Waals surface area contributed by atoms with E-state index in [1.54, 1.807) is 51.2 Å². The number of methoxy groups -OCH3 is 1. The molecule has 1 amide bonds. The molecule has 12 heteroatoms. The third-order valence-electron chi connectivity index (χ3n) is 4.65. The van der Waals surface area contributed by atoms with E-state index in [4.69, 9.17) is 19.9 Å². The summed E-state index contributed by atoms with van der Waals surface area (Å²) in [6, 6.07) is 8.90. The number of fused-ring (bicyclic) bond motifs is 1. The zero-order valence-electron chi connectivity index (χ0n) is 19.8. The molecule has 0 aliphatic rings. The third kappa shape index (κ3) is 5.54. The van der Waals surface area contributed by atoms with Crippen molar-refractivity contribution in [2.24, 2.45) is 0 Å². The van der Waals surface area contributed by atoms with Crippen molar-refractivity contribution < 1.29 is 19.0 Å². The van der Waals surface area contributed by atoms with Crippen LogP contribution in [0.1, 0.15) is 20.8 Å². The standard InChI is InChI=1S/C23H26N8O4/c1-23(2,3)35-22(32)26-9-10-34-18-11-14-16(12-17(18)33-4)27-13-28-20(14)31-21(24)29-19(30-31)15-7-5-6-8-25-15/h5-8,11-13H,9-10H2,1-4H3,(H,26,32)(H2,24,29,30). The maximum atomic E-state index is 11.8. The largest absolute Gasteiger partial charge is 0.493 e. The van der Waals surface area contributed by atoms with E-state index in [0.717, 1.165) is 0 Å². The molecule has 0 atom stereocenters. The van der Waals surface area contributed by atoms with Gasteiger partial charge in [-0.2, -0.15) is 9.67 Å². The van der Waals surface area contributed by atoms with Crippen molar-refractivity contribution in [3.05, 3.63) is 42.9 Å². The van der Waals surface area contributed by atoms with Crippen LogP contribution in [0.3, 0.4) is 0 Å². The van der Waals surface area contributed by atoms with Gasteiger partial charge in [-0.05, 0) is 39.0 Å². The number of amides is 1. The topological polar surface area (TPSA) is 152 Å². The lowest BCUT2D eigenvalue weighted by Crippen LogP contribution is -2.34. The summed E-state index contributed by atoms with van der Waals surface area (Å²) in [7, 11) is 1.53. The zero-order valence-corrected chi connectivity index (χ0v) is 19.8. The van der Waals surface area contributed by atoms with Gasteiger partial charge in [0.1, 0.15) is 24.2 Å². The maximum absolute atomic E-state index is 11.8. The first-order chi connectivity index (χ1) is 16.7. The molecule has 0 radical (unpaired) electrons. The molecule has 0 saturated heterocycles. The molecule has 12 nitrogen and oxygen atoms in total. The van der Waals surface area contributed by atoms with Crippen molar-refractivity contribution in [1.29, 1.82) is 0 Å². The van der Waals surface area contributed by atoms with Gasteiger partial charge in [-0.25, -0.2) is 14.8 Å². The van der Waals surface area contributed by atoms with E-state index in [9.17, 15) is 4.79 Å². The first-order valence-electron chi connectivity index (χ1n) is 10.8. The fourth-order valence-corrected chi connectivity index (χ4v) is 3.20. The molecule has 0 unspecified atom stereocenters. The summed E-state index contributed by atoms with van der Waals surface area (Å²) in [4.78, 5) is 29.1. The van der Waals surface area contributed by atoms with E-state index >= 15 is 0 Å². The number of nitrogen functional groups attached to an aromatic ring is 1. The van der Waals surface area contributed by atoms with Gasteiger partial charge in [-0.3, -0.25) is 4.98 Å². The lowest BCUT2D eigenvalue weighted by Gasteiger charge is -2.19. The van der Waals surface area contributed by atoms with Gasteiger partial charge in [-0.1, -0.05) is 6.07 Å². The summed E-state index contributed by atoms with van der Waals surface area (Å²) < 4.78 is 18.0. The Labute approximate surface area is 201 Å². The Morgan fingerprint density at radius 1 is 1.14 bits per heavy atom. The number of benzene rings is 1. The van der Waals surface area contributed by atoms with Crippen LogP contribution in [0.5, 0.6) is 11.5 Å². The molecule has 4 aromatic rings. The maximum Gasteiger partial charge on any atom is 0.407 e. The van der Waals surface area contributed by atoms with Crippen LogP contribution in [-0.2, 0) is 4.74 Å². The fraction of sp³-hybridized carbons (Fsp3) is 0.304. The number of anilines is 1. The fourth-order valence-electron chi connectivity index (χ4n) is 3.20. The van der Waals surface area contributed by atoms with Crippen molar-refractivity contribution in [3.63, 3.8) is 0 Å². The summed E-state index contributed by atoms with van der Waals surface area (Å²) in [6.07, 6.45) is 2.54. The molecule has 0 fully saturated rings. The van der Waals surface area contributed by atoms with Gasteiger partial charge in [0.2, 0.25) is 11.8 Å². The Morgan fingerprint density at radius 3 is 2.69 bits per heavy atom. The Bertz CT molecular complexity index is 1330. The summed E-state index contributed by atoms with van der Waals surface area (Å²) in [5.41, 5.74) is 6.76. The highest BCUT2D eigenvalue weighted by molar-refractivity contribution is 5.88. The number of pyridine rings is 1. The van der Waals surface area contributed by atoms with Crippen LogP contribution in [0, 0.1) is 0 Å². The predicted octanol–water partition coefficient (Wildman–Crippen LogP) is 2.77. The van der Waals surface area contributed by atoms with Crippen LogP contribution < -0.4 is 20.5 Å². The minimum atomic E-state index is -0.581. The first kappa shape index (κ1) is 23.7. The van der Waals surface area contributed by atoms with Gasteiger partial charge in [0.25, 0.3) is 0 Å². The van der Waals surface area contributed by atoms with Gasteiger partial charge in [0.05, 0.1) is 19.2 Å². The van der Waals surface area contributed by atoms with Crippen molar-refractivity contribution in [2.75, 3.05) is 26.0 Å². The minimum Gasteiger partial charge on any atom is -0.493 e. The molecule has 0 aliphatic carbocycles. The van der Waals surface area contributed by atoms with Gasteiger partial charge in [0.15, 0.2) is 17.3 Å². The lowest BCUT2D eigenvalue weighted by atomic mass is 10.2. The molecular weight excluding hydrogens is 452 g/mol. The highest BCUT2D eigenvalue weighted by Crippen LogP contribution is 2.34. The van der Waals surface area contributed by atoms with Crippen molar-refractivity contribution in [2.45, 2.75) is 26.4 Å². The number of nitrogens with two attached hydrogens (primary N) is 1. The molecule has 3 N–H and O–H groups in total. The van der Waals surface area contributed by atoms with Gasteiger partial charge in [-0.15, -0.1) is 5.10 Å². The molecule has 4 rings (SSSR count). The Balaban J connectivity index is 1.60. The van der Waals surface area contributed by atoms with Crippen molar-refractivity contribution in [1.82, 2.24) is 35.0 Å². The number of carbonyl (C=O) groups is 1. The molecule has 0 spiro atoms. The number of carbonyl (C=O) groups excluding carboxylic acids is 1. The number of ether oxygens (including phenoxy) is 3. The molecule has 0 bridgehead atoms. The highest BCUT2D eigenvalue weighted by atomic mass is 16.6. The average Bonchev–Trinajstić information content (AvgIpc) is 3.21. The van der Waals surface area contributed by atoms with E-state index in [2.05, 4.69) is 30.4 Å². The molecule has 35 heavy (non-hydrogen) atoms.